The lowest BCUT2D eigenvalue weighted by Gasteiger charge is -2.33. The van der Waals surface area contributed by atoms with Crippen molar-refractivity contribution in [3.8, 4) is 12.3 Å². The highest BCUT2D eigenvalue weighted by molar-refractivity contribution is 5.92. The van der Waals surface area contributed by atoms with Gasteiger partial charge in [-0.3, -0.25) is 4.79 Å². The van der Waals surface area contributed by atoms with E-state index in [1.165, 1.54) is 4.90 Å². The number of rotatable bonds is 2. The summed E-state index contributed by atoms with van der Waals surface area (Å²) in [6.45, 7) is 0.667. The number of hydrogen-bond acceptors (Lipinski definition) is 2. The first-order valence-corrected chi connectivity index (χ1v) is 4.03. The number of carbonyl (C=O) groups excluding carboxylic acids is 1. The summed E-state index contributed by atoms with van der Waals surface area (Å²) in [5, 5.41) is 8.98. The molecule has 0 bridgehead atoms. The minimum atomic E-state index is -0.281. The van der Waals surface area contributed by atoms with E-state index < -0.39 is 0 Å². The first kappa shape index (κ1) is 9.08. The van der Waals surface area contributed by atoms with Gasteiger partial charge < -0.3 is 10.0 Å². The zero-order valence-corrected chi connectivity index (χ0v) is 7.16. The third-order valence-corrected chi connectivity index (χ3v) is 2.21. The molecule has 1 saturated carbocycles. The predicted octanol–water partition coefficient (Wildman–Crippen LogP) is -0.151. The van der Waals surface area contributed by atoms with Crippen molar-refractivity contribution in [2.75, 3.05) is 13.6 Å². The minimum Gasteiger partial charge on any atom is -0.393 e. The first-order valence-electron chi connectivity index (χ1n) is 4.03. The van der Waals surface area contributed by atoms with Crippen molar-refractivity contribution in [3.05, 3.63) is 0 Å². The number of carbonyl (C=O) groups is 1. The van der Waals surface area contributed by atoms with Gasteiger partial charge in [0.15, 0.2) is 0 Å². The molecule has 0 unspecified atom stereocenters. The quantitative estimate of drug-likeness (QED) is 0.581. The molecule has 1 aliphatic rings. The molecular formula is C9H13NO2. The van der Waals surface area contributed by atoms with Gasteiger partial charge in [-0.1, -0.05) is 0 Å². The molecule has 0 spiro atoms. The van der Waals surface area contributed by atoms with Crippen molar-refractivity contribution in [2.24, 2.45) is 5.92 Å². The standard InChI is InChI=1S/C9H13NO2/c1-3-9(12)10(2)6-7-4-8(11)5-7/h1,7-8,11H,4-6H2,2H3. The van der Waals surface area contributed by atoms with Crippen LogP contribution in [0, 0.1) is 18.3 Å². The predicted molar refractivity (Wildman–Crippen MR) is 45.2 cm³/mol. The summed E-state index contributed by atoms with van der Waals surface area (Å²) in [6, 6.07) is 0. The Labute approximate surface area is 72.4 Å². The molecule has 0 aromatic rings. The maximum atomic E-state index is 10.9. The van der Waals surface area contributed by atoms with Crippen LogP contribution >= 0.6 is 0 Å². The summed E-state index contributed by atoms with van der Waals surface area (Å²) in [5.41, 5.74) is 0. The van der Waals surface area contributed by atoms with Gasteiger partial charge in [-0.2, -0.15) is 0 Å². The Morgan fingerprint density at radius 1 is 1.75 bits per heavy atom. The van der Waals surface area contributed by atoms with E-state index in [4.69, 9.17) is 11.5 Å². The Bertz CT molecular complexity index is 213. The van der Waals surface area contributed by atoms with Gasteiger partial charge in [-0.25, -0.2) is 0 Å². The molecule has 0 atom stereocenters. The maximum Gasteiger partial charge on any atom is 0.297 e. The molecule has 12 heavy (non-hydrogen) atoms. The Kier molecular flexibility index (Phi) is 2.72. The van der Waals surface area contributed by atoms with Crippen LogP contribution < -0.4 is 0 Å². The largest absolute Gasteiger partial charge is 0.393 e. The van der Waals surface area contributed by atoms with Gasteiger partial charge in [0.05, 0.1) is 6.10 Å². The smallest absolute Gasteiger partial charge is 0.297 e. The van der Waals surface area contributed by atoms with Gasteiger partial charge in [0.2, 0.25) is 0 Å². The fourth-order valence-electron chi connectivity index (χ4n) is 1.43. The summed E-state index contributed by atoms with van der Waals surface area (Å²) in [7, 11) is 1.69. The highest BCUT2D eigenvalue weighted by Gasteiger charge is 2.28. The lowest BCUT2D eigenvalue weighted by Crippen LogP contribution is -2.39. The number of terminal acetylenes is 1. The third-order valence-electron chi connectivity index (χ3n) is 2.21. The van der Waals surface area contributed by atoms with Crippen LogP contribution in [0.1, 0.15) is 12.8 Å². The molecule has 3 heteroatoms. The zero-order valence-electron chi connectivity index (χ0n) is 7.16. The molecule has 0 saturated heterocycles. The molecule has 1 rings (SSSR count). The van der Waals surface area contributed by atoms with E-state index in [2.05, 4.69) is 5.92 Å². The molecule has 0 radical (unpaired) electrons. The van der Waals surface area contributed by atoms with Gasteiger partial charge in [0, 0.05) is 13.6 Å². The average molecular weight is 167 g/mol. The number of hydrogen-bond donors (Lipinski definition) is 1. The molecule has 66 valence electrons. The number of nitrogens with zero attached hydrogens (tertiary/aromatic N) is 1. The molecule has 1 amide bonds. The second kappa shape index (κ2) is 3.59. The lowest BCUT2D eigenvalue weighted by atomic mass is 9.82. The summed E-state index contributed by atoms with van der Waals surface area (Å²) in [4.78, 5) is 12.4. The van der Waals surface area contributed by atoms with Crippen LogP contribution in [0.25, 0.3) is 0 Å². The van der Waals surface area contributed by atoms with E-state index >= 15 is 0 Å². The van der Waals surface area contributed by atoms with Crippen LogP contribution in [0.5, 0.6) is 0 Å². The van der Waals surface area contributed by atoms with Crippen LogP contribution in [0.3, 0.4) is 0 Å². The summed E-state index contributed by atoms with van der Waals surface area (Å²) >= 11 is 0. The van der Waals surface area contributed by atoms with Crippen molar-refractivity contribution in [3.63, 3.8) is 0 Å². The summed E-state index contributed by atoms with van der Waals surface area (Å²) in [6.07, 6.45) is 6.37. The number of amides is 1. The van der Waals surface area contributed by atoms with Crippen molar-refractivity contribution in [2.45, 2.75) is 18.9 Å². The Balaban J connectivity index is 2.24. The molecule has 0 aromatic heterocycles. The van der Waals surface area contributed by atoms with Crippen molar-refractivity contribution in [1.82, 2.24) is 4.90 Å². The number of aliphatic hydroxyl groups is 1. The van der Waals surface area contributed by atoms with E-state index in [9.17, 15) is 4.79 Å². The Hall–Kier alpha value is -1.01. The van der Waals surface area contributed by atoms with Gasteiger partial charge in [-0.15, -0.1) is 6.42 Å². The molecule has 0 aliphatic heterocycles. The van der Waals surface area contributed by atoms with Crippen molar-refractivity contribution in [1.29, 1.82) is 0 Å². The molecule has 1 aliphatic carbocycles. The molecule has 1 N–H and O–H groups in total. The van der Waals surface area contributed by atoms with Crippen LogP contribution in [-0.2, 0) is 4.79 Å². The normalized spacial score (nSPS) is 27.1. The van der Waals surface area contributed by atoms with Gasteiger partial charge in [-0.05, 0) is 24.7 Å². The molecule has 1 fully saturated rings. The highest BCUT2D eigenvalue weighted by Crippen LogP contribution is 2.27. The van der Waals surface area contributed by atoms with Gasteiger partial charge in [0.25, 0.3) is 5.91 Å². The van der Waals surface area contributed by atoms with E-state index in [0.29, 0.717) is 12.5 Å². The average Bonchev–Trinajstić information content (AvgIpc) is 2.00. The summed E-state index contributed by atoms with van der Waals surface area (Å²) in [5.74, 6) is 2.21. The topological polar surface area (TPSA) is 40.5 Å². The maximum absolute atomic E-state index is 10.9. The minimum absolute atomic E-state index is 0.163. The second-order valence-corrected chi connectivity index (χ2v) is 3.32. The highest BCUT2D eigenvalue weighted by atomic mass is 16.3. The van der Waals surface area contributed by atoms with Crippen molar-refractivity contribution >= 4 is 5.91 Å². The first-order chi connectivity index (χ1) is 5.63. The van der Waals surface area contributed by atoms with Crippen LogP contribution in [0.2, 0.25) is 0 Å². The molecule has 0 heterocycles. The van der Waals surface area contributed by atoms with E-state index in [-0.39, 0.29) is 12.0 Å². The van der Waals surface area contributed by atoms with E-state index in [1.54, 1.807) is 7.05 Å². The SMILES string of the molecule is C#CC(=O)N(C)CC1CC(O)C1. The fraction of sp³-hybridized carbons (Fsp3) is 0.667. The third kappa shape index (κ3) is 1.99. The van der Waals surface area contributed by atoms with Crippen molar-refractivity contribution < 1.29 is 9.90 Å². The fourth-order valence-corrected chi connectivity index (χ4v) is 1.43. The zero-order chi connectivity index (χ0) is 9.14. The van der Waals surface area contributed by atoms with Crippen LogP contribution in [-0.4, -0.2) is 35.6 Å². The summed E-state index contributed by atoms with van der Waals surface area (Å²) < 4.78 is 0. The monoisotopic (exact) mass is 167 g/mol. The van der Waals surface area contributed by atoms with E-state index in [1.807, 2.05) is 0 Å². The van der Waals surface area contributed by atoms with Crippen LogP contribution in [0.4, 0.5) is 0 Å². The van der Waals surface area contributed by atoms with Crippen LogP contribution in [0.15, 0.2) is 0 Å². The molecule has 3 nitrogen and oxygen atoms in total. The van der Waals surface area contributed by atoms with E-state index in [0.717, 1.165) is 12.8 Å². The van der Waals surface area contributed by atoms with Gasteiger partial charge in [0.1, 0.15) is 0 Å². The second-order valence-electron chi connectivity index (χ2n) is 3.32. The lowest BCUT2D eigenvalue weighted by molar-refractivity contribution is -0.125. The number of aliphatic hydroxyl groups excluding tert-OH is 1. The molecular weight excluding hydrogens is 154 g/mol. The molecule has 0 aromatic carbocycles. The van der Waals surface area contributed by atoms with Gasteiger partial charge >= 0.3 is 0 Å². The Morgan fingerprint density at radius 3 is 2.75 bits per heavy atom. The Morgan fingerprint density at radius 2 is 2.33 bits per heavy atom.